The van der Waals surface area contributed by atoms with Crippen LogP contribution in [0.5, 0.6) is 5.75 Å². The van der Waals surface area contributed by atoms with E-state index in [1.54, 1.807) is 0 Å². The van der Waals surface area contributed by atoms with Gasteiger partial charge in [0.05, 0.1) is 12.3 Å². The zero-order valence-electron chi connectivity index (χ0n) is 11.1. The first kappa shape index (κ1) is 15.1. The molecule has 0 N–H and O–H groups in total. The molecule has 0 aliphatic carbocycles. The molecule has 0 fully saturated rings. The van der Waals surface area contributed by atoms with Gasteiger partial charge in [-0.05, 0) is 37.1 Å². The quantitative estimate of drug-likeness (QED) is 0.552. The number of aryl methyl sites for hydroxylation is 2. The van der Waals surface area contributed by atoms with Crippen LogP contribution in [0.2, 0.25) is 5.02 Å². The highest BCUT2D eigenvalue weighted by Crippen LogP contribution is 2.15. The molecule has 0 unspecified atom stereocenters. The zero-order valence-corrected chi connectivity index (χ0v) is 12.6. The smallest absolute Gasteiger partial charge is 0.119 e. The maximum Gasteiger partial charge on any atom is 0.119 e. The highest BCUT2D eigenvalue weighted by molar-refractivity contribution is 6.30. The summed E-state index contributed by atoms with van der Waals surface area (Å²) in [6.07, 6.45) is 4.65. The molecule has 0 atom stereocenters. The summed E-state index contributed by atoms with van der Waals surface area (Å²) < 4.78 is 7.46. The molecule has 0 saturated heterocycles. The molecule has 1 aromatic carbocycles. The van der Waals surface area contributed by atoms with E-state index in [4.69, 9.17) is 27.9 Å². The fraction of sp³-hybridized carbons (Fsp3) is 0.429. The molecule has 108 valence electrons. The van der Waals surface area contributed by atoms with Crippen molar-refractivity contribution in [1.82, 2.24) is 15.0 Å². The molecule has 0 bridgehead atoms. The summed E-state index contributed by atoms with van der Waals surface area (Å²) in [6.45, 7) is 1.43. The van der Waals surface area contributed by atoms with Gasteiger partial charge in [-0.1, -0.05) is 16.8 Å². The molecule has 0 aliphatic heterocycles. The van der Waals surface area contributed by atoms with E-state index in [1.807, 2.05) is 35.1 Å². The SMILES string of the molecule is ClCCCc1cn(CCCOc2ccc(Cl)cc2)nn1. The first-order valence-electron chi connectivity index (χ1n) is 6.61. The van der Waals surface area contributed by atoms with Crippen molar-refractivity contribution >= 4 is 23.2 Å². The van der Waals surface area contributed by atoms with Gasteiger partial charge < -0.3 is 4.74 Å². The number of ether oxygens (including phenoxy) is 1. The Morgan fingerprint density at radius 2 is 1.95 bits per heavy atom. The predicted molar refractivity (Wildman–Crippen MR) is 80.6 cm³/mol. The van der Waals surface area contributed by atoms with Crippen LogP contribution in [-0.2, 0) is 13.0 Å². The van der Waals surface area contributed by atoms with Gasteiger partial charge in [0, 0.05) is 30.1 Å². The number of rotatable bonds is 8. The molecule has 2 rings (SSSR count). The van der Waals surface area contributed by atoms with Crippen LogP contribution in [0.15, 0.2) is 30.5 Å². The van der Waals surface area contributed by atoms with Gasteiger partial charge in [0.1, 0.15) is 5.75 Å². The molecule has 0 aliphatic rings. The van der Waals surface area contributed by atoms with Crippen molar-refractivity contribution in [2.45, 2.75) is 25.8 Å². The van der Waals surface area contributed by atoms with Crippen LogP contribution in [0, 0.1) is 0 Å². The molecule has 0 amide bonds. The lowest BCUT2D eigenvalue weighted by atomic mass is 10.3. The number of alkyl halides is 1. The summed E-state index contributed by atoms with van der Waals surface area (Å²) in [4.78, 5) is 0. The van der Waals surface area contributed by atoms with E-state index in [9.17, 15) is 0 Å². The fourth-order valence-corrected chi connectivity index (χ4v) is 2.02. The average molecular weight is 314 g/mol. The number of hydrogen-bond acceptors (Lipinski definition) is 3. The third-order valence-corrected chi connectivity index (χ3v) is 3.29. The van der Waals surface area contributed by atoms with Gasteiger partial charge >= 0.3 is 0 Å². The molecule has 1 heterocycles. The van der Waals surface area contributed by atoms with Gasteiger partial charge in [-0.15, -0.1) is 16.7 Å². The molecule has 0 radical (unpaired) electrons. The summed E-state index contributed by atoms with van der Waals surface area (Å²) in [6, 6.07) is 7.36. The van der Waals surface area contributed by atoms with Gasteiger partial charge in [-0.2, -0.15) is 0 Å². The van der Waals surface area contributed by atoms with Crippen LogP contribution in [0.4, 0.5) is 0 Å². The van der Waals surface area contributed by atoms with Crippen molar-refractivity contribution in [1.29, 1.82) is 0 Å². The van der Waals surface area contributed by atoms with Crippen LogP contribution in [0.25, 0.3) is 0 Å². The van der Waals surface area contributed by atoms with Crippen molar-refractivity contribution in [3.8, 4) is 5.75 Å². The number of nitrogens with zero attached hydrogens (tertiary/aromatic N) is 3. The lowest BCUT2D eigenvalue weighted by Crippen LogP contribution is -2.05. The number of hydrogen-bond donors (Lipinski definition) is 0. The van der Waals surface area contributed by atoms with Crippen molar-refractivity contribution < 1.29 is 4.74 Å². The van der Waals surface area contributed by atoms with E-state index in [0.717, 1.165) is 37.3 Å². The van der Waals surface area contributed by atoms with Crippen LogP contribution in [0.1, 0.15) is 18.5 Å². The summed E-state index contributed by atoms with van der Waals surface area (Å²) in [5.74, 6) is 1.48. The average Bonchev–Trinajstić information content (AvgIpc) is 2.91. The van der Waals surface area contributed by atoms with E-state index in [-0.39, 0.29) is 0 Å². The number of halogens is 2. The molecule has 2 aromatic rings. The highest BCUT2D eigenvalue weighted by atomic mass is 35.5. The highest BCUT2D eigenvalue weighted by Gasteiger charge is 2.00. The molecule has 0 spiro atoms. The Kier molecular flexibility index (Phi) is 6.15. The summed E-state index contributed by atoms with van der Waals surface area (Å²) in [5, 5.41) is 8.89. The van der Waals surface area contributed by atoms with E-state index in [1.165, 1.54) is 0 Å². The Hall–Kier alpha value is -1.26. The fourth-order valence-electron chi connectivity index (χ4n) is 1.76. The van der Waals surface area contributed by atoms with E-state index in [0.29, 0.717) is 17.5 Å². The maximum atomic E-state index is 5.81. The van der Waals surface area contributed by atoms with Gasteiger partial charge in [-0.3, -0.25) is 4.68 Å². The standard InChI is InChI=1S/C14H17Cl2N3O/c15-8-1-3-13-11-19(18-17-13)9-2-10-20-14-6-4-12(16)5-7-14/h4-7,11H,1-3,8-10H2. The van der Waals surface area contributed by atoms with Crippen molar-refractivity contribution in [3.63, 3.8) is 0 Å². The minimum absolute atomic E-state index is 0.637. The Bertz CT molecular complexity index is 513. The summed E-state index contributed by atoms with van der Waals surface area (Å²) >= 11 is 11.5. The molecule has 0 saturated carbocycles. The number of aromatic nitrogens is 3. The van der Waals surface area contributed by atoms with Gasteiger partial charge in [0.15, 0.2) is 0 Å². The van der Waals surface area contributed by atoms with Crippen molar-refractivity contribution in [3.05, 3.63) is 41.2 Å². The predicted octanol–water partition coefficient (Wildman–Crippen LogP) is 3.57. The Labute approximate surface area is 128 Å². The first-order chi connectivity index (χ1) is 9.78. The zero-order chi connectivity index (χ0) is 14.2. The maximum absolute atomic E-state index is 5.81. The molecule has 4 nitrogen and oxygen atoms in total. The topological polar surface area (TPSA) is 39.9 Å². The monoisotopic (exact) mass is 313 g/mol. The van der Waals surface area contributed by atoms with Gasteiger partial charge in [0.25, 0.3) is 0 Å². The van der Waals surface area contributed by atoms with Crippen LogP contribution >= 0.6 is 23.2 Å². The molecule has 20 heavy (non-hydrogen) atoms. The van der Waals surface area contributed by atoms with Crippen molar-refractivity contribution in [2.24, 2.45) is 0 Å². The summed E-state index contributed by atoms with van der Waals surface area (Å²) in [7, 11) is 0. The molecular weight excluding hydrogens is 297 g/mol. The second kappa shape index (κ2) is 8.12. The second-order valence-corrected chi connectivity index (χ2v) is 5.24. The largest absolute Gasteiger partial charge is 0.494 e. The third-order valence-electron chi connectivity index (χ3n) is 2.77. The second-order valence-electron chi connectivity index (χ2n) is 4.42. The van der Waals surface area contributed by atoms with Gasteiger partial charge in [0.2, 0.25) is 0 Å². The molecule has 6 heteroatoms. The minimum atomic E-state index is 0.637. The Morgan fingerprint density at radius 3 is 2.70 bits per heavy atom. The van der Waals surface area contributed by atoms with E-state index in [2.05, 4.69) is 10.3 Å². The van der Waals surface area contributed by atoms with Crippen LogP contribution in [0.3, 0.4) is 0 Å². The van der Waals surface area contributed by atoms with E-state index < -0.39 is 0 Å². The third kappa shape index (κ3) is 5.02. The Balaban J connectivity index is 1.67. The Morgan fingerprint density at radius 1 is 1.15 bits per heavy atom. The summed E-state index contributed by atoms with van der Waals surface area (Å²) in [5.41, 5.74) is 0.990. The number of benzene rings is 1. The van der Waals surface area contributed by atoms with Gasteiger partial charge in [-0.25, -0.2) is 0 Å². The lowest BCUT2D eigenvalue weighted by Gasteiger charge is -2.05. The first-order valence-corrected chi connectivity index (χ1v) is 7.52. The van der Waals surface area contributed by atoms with Crippen LogP contribution < -0.4 is 4.74 Å². The molecule has 1 aromatic heterocycles. The molecular formula is C14H17Cl2N3O. The minimum Gasteiger partial charge on any atom is -0.494 e. The lowest BCUT2D eigenvalue weighted by molar-refractivity contribution is 0.298. The normalized spacial score (nSPS) is 10.7. The van der Waals surface area contributed by atoms with Crippen LogP contribution in [-0.4, -0.2) is 27.5 Å². The van der Waals surface area contributed by atoms with Crippen molar-refractivity contribution in [2.75, 3.05) is 12.5 Å². The van der Waals surface area contributed by atoms with E-state index >= 15 is 0 Å².